The summed E-state index contributed by atoms with van der Waals surface area (Å²) in [6.45, 7) is 3.66. The first-order chi connectivity index (χ1) is 13.7. The molecule has 2 aromatic carbocycles. The molecule has 2 N–H and O–H groups in total. The van der Waals surface area contributed by atoms with Gasteiger partial charge >= 0.3 is 0 Å². The first-order valence-corrected chi connectivity index (χ1v) is 9.70. The molecule has 0 bridgehead atoms. The van der Waals surface area contributed by atoms with Gasteiger partial charge in [-0.15, -0.1) is 12.4 Å². The molecule has 154 valence electrons. The second kappa shape index (κ2) is 11.6. The number of hydrogen-bond donors (Lipinski definition) is 2. The van der Waals surface area contributed by atoms with E-state index in [0.29, 0.717) is 36.0 Å². The van der Waals surface area contributed by atoms with Crippen molar-refractivity contribution in [3.63, 3.8) is 0 Å². The minimum atomic E-state index is -0.0265. The van der Waals surface area contributed by atoms with Crippen LogP contribution in [0.15, 0.2) is 53.1 Å². The second-order valence-electron chi connectivity index (χ2n) is 6.36. The summed E-state index contributed by atoms with van der Waals surface area (Å²) in [4.78, 5) is 16.7. The molecule has 1 heterocycles. The Kier molecular flexibility index (Phi) is 9.12. The molecule has 29 heavy (non-hydrogen) atoms. The number of nitrogens with one attached hydrogen (secondary N) is 2. The van der Waals surface area contributed by atoms with Crippen molar-refractivity contribution in [3.8, 4) is 11.4 Å². The number of rotatable bonds is 9. The maximum absolute atomic E-state index is 12.3. The number of aryl methyl sites for hydroxylation is 1. The molecular weight excluding hydrogens is 411 g/mol. The van der Waals surface area contributed by atoms with Crippen LogP contribution in [0, 0.1) is 0 Å². The number of anilines is 1. The molecule has 1 aromatic heterocycles. The zero-order chi connectivity index (χ0) is 19.8. The Morgan fingerprint density at radius 1 is 1.14 bits per heavy atom. The SMILES string of the molecule is CCNCc1ccccc1NC(=O)CCCc1nc(-c2ccc(Cl)cc2)no1.Cl. The average molecular weight is 435 g/mol. The van der Waals surface area contributed by atoms with Gasteiger partial charge in [-0.3, -0.25) is 4.79 Å². The number of para-hydroxylation sites is 1. The molecule has 0 unspecified atom stereocenters. The van der Waals surface area contributed by atoms with E-state index in [1.54, 1.807) is 12.1 Å². The molecule has 1 amide bonds. The molecule has 0 aliphatic carbocycles. The molecule has 8 heteroatoms. The molecule has 0 aliphatic heterocycles. The van der Waals surface area contributed by atoms with Crippen LogP contribution < -0.4 is 10.6 Å². The first-order valence-electron chi connectivity index (χ1n) is 9.32. The molecular formula is C21H24Cl2N4O2. The van der Waals surface area contributed by atoms with Gasteiger partial charge in [0.15, 0.2) is 0 Å². The standard InChI is InChI=1S/C21H23ClN4O2.ClH/c1-2-23-14-16-6-3-4-7-18(16)24-19(27)8-5-9-20-25-21(26-28-20)15-10-12-17(22)13-11-15;/h3-4,6-7,10-13,23H,2,5,8-9,14H2,1H3,(H,24,27);1H. The molecule has 0 saturated heterocycles. The molecule has 0 aliphatic rings. The summed E-state index contributed by atoms with van der Waals surface area (Å²) in [5.74, 6) is 1.01. The number of hydrogen-bond acceptors (Lipinski definition) is 5. The summed E-state index contributed by atoms with van der Waals surface area (Å²) in [7, 11) is 0. The fourth-order valence-corrected chi connectivity index (χ4v) is 2.87. The van der Waals surface area contributed by atoms with Crippen molar-refractivity contribution in [3.05, 3.63) is 65.0 Å². The lowest BCUT2D eigenvalue weighted by Gasteiger charge is -2.11. The van der Waals surface area contributed by atoms with E-state index in [9.17, 15) is 4.79 Å². The summed E-state index contributed by atoms with van der Waals surface area (Å²) >= 11 is 5.89. The van der Waals surface area contributed by atoms with E-state index < -0.39 is 0 Å². The Labute approximate surface area is 181 Å². The summed E-state index contributed by atoms with van der Waals surface area (Å²) in [5, 5.41) is 10.9. The highest BCUT2D eigenvalue weighted by Gasteiger charge is 2.11. The van der Waals surface area contributed by atoms with Crippen LogP contribution in [0.2, 0.25) is 5.02 Å². The molecule has 0 spiro atoms. The zero-order valence-electron chi connectivity index (χ0n) is 16.2. The quantitative estimate of drug-likeness (QED) is 0.501. The van der Waals surface area contributed by atoms with Crippen LogP contribution >= 0.6 is 24.0 Å². The van der Waals surface area contributed by atoms with Crippen LogP contribution in [0.25, 0.3) is 11.4 Å². The minimum absolute atomic E-state index is 0. The molecule has 0 fully saturated rings. The normalized spacial score (nSPS) is 10.4. The highest BCUT2D eigenvalue weighted by atomic mass is 35.5. The Hall–Kier alpha value is -2.41. The largest absolute Gasteiger partial charge is 0.339 e. The van der Waals surface area contributed by atoms with Crippen LogP contribution in [0.5, 0.6) is 0 Å². The lowest BCUT2D eigenvalue weighted by atomic mass is 10.1. The van der Waals surface area contributed by atoms with Crippen molar-refractivity contribution in [2.24, 2.45) is 0 Å². The van der Waals surface area contributed by atoms with Gasteiger partial charge in [0.1, 0.15) is 0 Å². The van der Waals surface area contributed by atoms with Gasteiger partial charge in [0, 0.05) is 35.7 Å². The van der Waals surface area contributed by atoms with Crippen molar-refractivity contribution >= 4 is 35.6 Å². The lowest BCUT2D eigenvalue weighted by molar-refractivity contribution is -0.116. The molecule has 3 rings (SSSR count). The van der Waals surface area contributed by atoms with Crippen LogP contribution in [-0.2, 0) is 17.8 Å². The molecule has 6 nitrogen and oxygen atoms in total. The van der Waals surface area contributed by atoms with Crippen molar-refractivity contribution in [2.45, 2.75) is 32.7 Å². The number of benzene rings is 2. The van der Waals surface area contributed by atoms with E-state index in [-0.39, 0.29) is 18.3 Å². The van der Waals surface area contributed by atoms with Gasteiger partial charge in [0.25, 0.3) is 0 Å². The third kappa shape index (κ3) is 6.85. The van der Waals surface area contributed by atoms with E-state index in [0.717, 1.165) is 29.9 Å². The van der Waals surface area contributed by atoms with Crippen LogP contribution in [-0.4, -0.2) is 22.6 Å². The van der Waals surface area contributed by atoms with Gasteiger partial charge in [-0.1, -0.05) is 41.9 Å². The number of carbonyl (C=O) groups excluding carboxylic acids is 1. The van der Waals surface area contributed by atoms with E-state index in [4.69, 9.17) is 16.1 Å². The number of amides is 1. The summed E-state index contributed by atoms with van der Waals surface area (Å²) in [6.07, 6.45) is 1.56. The second-order valence-corrected chi connectivity index (χ2v) is 6.79. The Bertz CT molecular complexity index is 913. The fourth-order valence-electron chi connectivity index (χ4n) is 2.74. The van der Waals surface area contributed by atoms with Crippen LogP contribution in [0.1, 0.15) is 31.2 Å². The third-order valence-electron chi connectivity index (χ3n) is 4.22. The van der Waals surface area contributed by atoms with E-state index in [1.165, 1.54) is 0 Å². The van der Waals surface area contributed by atoms with Crippen molar-refractivity contribution in [1.29, 1.82) is 0 Å². The van der Waals surface area contributed by atoms with E-state index >= 15 is 0 Å². The van der Waals surface area contributed by atoms with Gasteiger partial charge in [-0.2, -0.15) is 4.98 Å². The number of aromatic nitrogens is 2. The lowest BCUT2D eigenvalue weighted by Crippen LogP contribution is -2.17. The maximum Gasteiger partial charge on any atom is 0.226 e. The highest BCUT2D eigenvalue weighted by Crippen LogP contribution is 2.19. The Morgan fingerprint density at radius 3 is 2.66 bits per heavy atom. The zero-order valence-corrected chi connectivity index (χ0v) is 17.7. The predicted octanol–water partition coefficient (Wildman–Crippen LogP) is 4.88. The summed E-state index contributed by atoms with van der Waals surface area (Å²) in [5.41, 5.74) is 2.76. The molecule has 0 radical (unpaired) electrons. The minimum Gasteiger partial charge on any atom is -0.339 e. The van der Waals surface area contributed by atoms with Gasteiger partial charge in [0.05, 0.1) is 0 Å². The van der Waals surface area contributed by atoms with Gasteiger partial charge in [0.2, 0.25) is 17.6 Å². The van der Waals surface area contributed by atoms with Gasteiger partial charge in [-0.05, 0) is 48.9 Å². The van der Waals surface area contributed by atoms with Gasteiger partial charge in [-0.25, -0.2) is 0 Å². The average Bonchev–Trinajstić information content (AvgIpc) is 3.17. The Balaban J connectivity index is 0.00000300. The molecule has 0 atom stereocenters. The highest BCUT2D eigenvalue weighted by molar-refractivity contribution is 6.30. The monoisotopic (exact) mass is 434 g/mol. The first kappa shape index (κ1) is 22.9. The number of carbonyl (C=O) groups is 1. The molecule has 3 aromatic rings. The fraction of sp³-hybridized carbons (Fsp3) is 0.286. The Morgan fingerprint density at radius 2 is 1.90 bits per heavy atom. The van der Waals surface area contributed by atoms with Gasteiger partial charge < -0.3 is 15.2 Å². The predicted molar refractivity (Wildman–Crippen MR) is 117 cm³/mol. The summed E-state index contributed by atoms with van der Waals surface area (Å²) < 4.78 is 5.28. The molecule has 0 saturated carbocycles. The van der Waals surface area contributed by atoms with E-state index in [2.05, 4.69) is 27.7 Å². The van der Waals surface area contributed by atoms with E-state index in [1.807, 2.05) is 36.4 Å². The number of nitrogens with zero attached hydrogens (tertiary/aromatic N) is 2. The third-order valence-corrected chi connectivity index (χ3v) is 4.47. The van der Waals surface area contributed by atoms with Crippen LogP contribution in [0.3, 0.4) is 0 Å². The topological polar surface area (TPSA) is 80.0 Å². The van der Waals surface area contributed by atoms with Crippen LogP contribution in [0.4, 0.5) is 5.69 Å². The van der Waals surface area contributed by atoms with Crippen molar-refractivity contribution < 1.29 is 9.32 Å². The smallest absolute Gasteiger partial charge is 0.226 e. The van der Waals surface area contributed by atoms with Crippen molar-refractivity contribution in [2.75, 3.05) is 11.9 Å². The number of halogens is 2. The van der Waals surface area contributed by atoms with Crippen molar-refractivity contribution in [1.82, 2.24) is 15.5 Å². The maximum atomic E-state index is 12.3. The summed E-state index contributed by atoms with van der Waals surface area (Å²) in [6, 6.07) is 15.1.